The molecule has 2 aliphatic heterocycles. The lowest BCUT2D eigenvalue weighted by atomic mass is 9.95. The maximum Gasteiger partial charge on any atom is 0.308 e. The molecule has 0 radical (unpaired) electrons. The Hall–Kier alpha value is -4.36. The van der Waals surface area contributed by atoms with Crippen LogP contribution in [0.3, 0.4) is 0 Å². The van der Waals surface area contributed by atoms with Crippen molar-refractivity contribution in [2.24, 2.45) is 0 Å². The summed E-state index contributed by atoms with van der Waals surface area (Å²) in [7, 11) is 0. The fraction of sp³-hybridized carbons (Fsp3) is 0.905. The summed E-state index contributed by atoms with van der Waals surface area (Å²) < 4.78 is 72.1. The Balaban J connectivity index is 3.15. The quantitative estimate of drug-likeness (QED) is 0.0312. The molecule has 0 saturated carbocycles. The van der Waals surface area contributed by atoms with E-state index in [1.165, 1.54) is 0 Å². The molecule has 0 spiro atoms. The van der Waals surface area contributed by atoms with Gasteiger partial charge in [0.25, 0.3) is 0 Å². The Morgan fingerprint density at radius 2 is 0.398 bits per heavy atom. The minimum Gasteiger partial charge on any atom is -0.463 e. The molecular weight excluding hydrogens is 1310 g/mol. The van der Waals surface area contributed by atoms with Gasteiger partial charge in [-0.15, -0.1) is 0 Å². The summed E-state index contributed by atoms with van der Waals surface area (Å²) in [5.74, 6) is -5.12. The highest BCUT2D eigenvalue weighted by Gasteiger charge is 2.58. The number of ether oxygens (including phenoxy) is 11. The number of esters is 8. The van der Waals surface area contributed by atoms with Gasteiger partial charge in [0.15, 0.2) is 30.7 Å². The van der Waals surface area contributed by atoms with Crippen molar-refractivity contribution in [2.75, 3.05) is 13.2 Å². The average Bonchev–Trinajstić information content (AvgIpc) is 0.766. The number of unbranched alkanes of at least 4 members (excludes halogenated alkanes) is 40. The molecule has 0 amide bonds. The van der Waals surface area contributed by atoms with E-state index in [1.54, 1.807) is 0 Å². The van der Waals surface area contributed by atoms with Crippen LogP contribution in [0.25, 0.3) is 0 Å². The Morgan fingerprint density at radius 3 is 0.680 bits per heavy atom. The van der Waals surface area contributed by atoms with Gasteiger partial charge in [-0.25, -0.2) is 0 Å². The molecule has 2 fully saturated rings. The molecule has 0 unspecified atom stereocenters. The first-order valence-corrected chi connectivity index (χ1v) is 42.6. The maximum absolute atomic E-state index is 14.8. The predicted molar refractivity (Wildman–Crippen MR) is 404 cm³/mol. The van der Waals surface area contributed by atoms with Crippen LogP contribution in [0.15, 0.2) is 0 Å². The normalized spacial score (nSPS) is 20.2. The third-order valence-electron chi connectivity index (χ3n) is 19.8. The molecule has 0 aromatic heterocycles. The standard InChI is InChI=1S/C84H150O19/c1-9-17-25-33-41-49-57-69(85)93-65-67-77(97-71(87)59-51-43-35-27-19-11-3)79(98-72(88)60-52-44-36-28-20-12-4)82(101-75(91)63-55-47-39-31-23-15-7)84(96-67)103-78-68(66-94-70(86)58-50-42-34-26-18-10-2)95-83(102-76(92)64-56-48-40-32-24-16-8)81(100-74(90)62-54-46-38-30-22-14-6)80(78)99-73(89)61-53-45-37-29-21-13-5/h67-68,77-84H,9-66H2,1-8H3/t67-,68-,77-,78-,79+,80+,81-,82-,83+,84+/m1/s1. The predicted octanol–water partition coefficient (Wildman–Crippen LogP) is 21.0. The Morgan fingerprint density at radius 1 is 0.204 bits per heavy atom. The lowest BCUT2D eigenvalue weighted by Crippen LogP contribution is -2.67. The van der Waals surface area contributed by atoms with Crippen molar-refractivity contribution in [1.29, 1.82) is 0 Å². The first-order valence-electron chi connectivity index (χ1n) is 42.6. The van der Waals surface area contributed by atoms with Crippen LogP contribution in [0, 0.1) is 0 Å². The summed E-state index contributed by atoms with van der Waals surface area (Å²) >= 11 is 0. The summed E-state index contributed by atoms with van der Waals surface area (Å²) in [5.41, 5.74) is 0. The lowest BCUT2D eigenvalue weighted by Gasteiger charge is -2.48. The van der Waals surface area contributed by atoms with Gasteiger partial charge in [0.2, 0.25) is 12.4 Å². The van der Waals surface area contributed by atoms with Gasteiger partial charge in [-0.05, 0) is 51.4 Å². The third-order valence-corrected chi connectivity index (χ3v) is 19.8. The van der Waals surface area contributed by atoms with E-state index in [2.05, 4.69) is 55.4 Å². The Kier molecular flexibility index (Phi) is 59.6. The molecule has 2 saturated heterocycles. The second-order valence-electron chi connectivity index (χ2n) is 29.5. The zero-order valence-corrected chi connectivity index (χ0v) is 66.5. The maximum atomic E-state index is 14.8. The van der Waals surface area contributed by atoms with E-state index in [4.69, 9.17) is 52.1 Å². The number of rotatable bonds is 68. The highest BCUT2D eigenvalue weighted by Crippen LogP contribution is 2.37. The van der Waals surface area contributed by atoms with Crippen LogP contribution >= 0.6 is 0 Å². The van der Waals surface area contributed by atoms with Gasteiger partial charge < -0.3 is 52.1 Å². The van der Waals surface area contributed by atoms with E-state index in [9.17, 15) is 38.4 Å². The van der Waals surface area contributed by atoms with Crippen LogP contribution in [0.5, 0.6) is 0 Å². The van der Waals surface area contributed by atoms with Crippen LogP contribution in [0.2, 0.25) is 0 Å². The van der Waals surface area contributed by atoms with Crippen LogP contribution < -0.4 is 0 Å². The van der Waals surface area contributed by atoms with Crippen molar-refractivity contribution in [3.05, 3.63) is 0 Å². The number of carbonyl (C=O) groups excluding carboxylic acids is 8. The molecule has 103 heavy (non-hydrogen) atoms. The fourth-order valence-electron chi connectivity index (χ4n) is 13.3. The SMILES string of the molecule is CCCCCCCCC(=O)OC[C@H]1O[C@@H](O[C@H]2[C@H](OC(=O)CCCCCCCC)[C@@H](OC(=O)CCCCCCCC)[C@H](OC(=O)CCCCCCCC)O[C@@H]2COC(=O)CCCCCCCC)[C@H](OC(=O)CCCCCCCC)[C@@H](OC(=O)CCCCCCCC)[C@@H]1OC(=O)CCCCCCCC. The Labute approximate surface area is 625 Å². The fourth-order valence-corrected chi connectivity index (χ4v) is 13.3. The number of hydrogen-bond acceptors (Lipinski definition) is 19. The molecule has 2 heterocycles. The average molecular weight is 1460 g/mol. The molecule has 0 aliphatic carbocycles. The molecular formula is C84H150O19. The summed E-state index contributed by atoms with van der Waals surface area (Å²) in [6.45, 7) is 16.0. The molecule has 2 rings (SSSR count). The van der Waals surface area contributed by atoms with Gasteiger partial charge in [0.1, 0.15) is 31.5 Å². The van der Waals surface area contributed by atoms with Crippen molar-refractivity contribution < 1.29 is 90.5 Å². The summed E-state index contributed by atoms with van der Waals surface area (Å²) in [4.78, 5) is 115. The molecule has 10 atom stereocenters. The number of hydrogen-bond donors (Lipinski definition) is 0. The minimum atomic E-state index is -1.85. The van der Waals surface area contributed by atoms with Gasteiger partial charge in [-0.3, -0.25) is 38.4 Å². The van der Waals surface area contributed by atoms with Crippen LogP contribution in [-0.2, 0) is 90.5 Å². The second-order valence-corrected chi connectivity index (χ2v) is 29.5. The van der Waals surface area contributed by atoms with Crippen LogP contribution in [-0.4, -0.2) is 122 Å². The number of carbonyl (C=O) groups is 8. The van der Waals surface area contributed by atoms with E-state index in [1.807, 2.05) is 0 Å². The van der Waals surface area contributed by atoms with Gasteiger partial charge in [-0.1, -0.05) is 312 Å². The van der Waals surface area contributed by atoms with Crippen molar-refractivity contribution in [2.45, 2.75) is 476 Å². The van der Waals surface area contributed by atoms with Crippen LogP contribution in [0.1, 0.15) is 415 Å². The van der Waals surface area contributed by atoms with E-state index in [0.29, 0.717) is 51.4 Å². The molecule has 2 aliphatic rings. The molecule has 600 valence electrons. The van der Waals surface area contributed by atoms with Crippen molar-refractivity contribution in [3.8, 4) is 0 Å². The van der Waals surface area contributed by atoms with Crippen molar-refractivity contribution >= 4 is 47.8 Å². The van der Waals surface area contributed by atoms with Gasteiger partial charge in [0.05, 0.1) is 0 Å². The molecule has 0 aromatic carbocycles. The molecule has 0 N–H and O–H groups in total. The van der Waals surface area contributed by atoms with Gasteiger partial charge in [-0.2, -0.15) is 0 Å². The Bertz CT molecular complexity index is 2160. The lowest BCUT2D eigenvalue weighted by molar-refractivity contribution is -0.358. The summed E-state index contributed by atoms with van der Waals surface area (Å²) in [5, 5.41) is 0. The second kappa shape index (κ2) is 64.8. The zero-order chi connectivity index (χ0) is 75.2. The monoisotopic (exact) mass is 1460 g/mol. The molecule has 0 bridgehead atoms. The minimum absolute atomic E-state index is 0.00101. The van der Waals surface area contributed by atoms with Gasteiger partial charge in [0, 0.05) is 51.4 Å². The van der Waals surface area contributed by atoms with E-state index < -0.39 is 122 Å². The highest BCUT2D eigenvalue weighted by molar-refractivity contribution is 5.73. The highest BCUT2D eigenvalue weighted by atomic mass is 16.8. The molecule has 0 aromatic rings. The van der Waals surface area contributed by atoms with Crippen molar-refractivity contribution in [3.63, 3.8) is 0 Å². The zero-order valence-electron chi connectivity index (χ0n) is 66.5. The molecule has 19 nitrogen and oxygen atoms in total. The smallest absolute Gasteiger partial charge is 0.308 e. The van der Waals surface area contributed by atoms with E-state index >= 15 is 0 Å². The van der Waals surface area contributed by atoms with E-state index in [0.717, 1.165) is 257 Å². The molecule has 19 heteroatoms. The topological polar surface area (TPSA) is 238 Å². The summed E-state index contributed by atoms with van der Waals surface area (Å²) in [6.07, 6.45) is 25.9. The van der Waals surface area contributed by atoms with Crippen LogP contribution in [0.4, 0.5) is 0 Å². The largest absolute Gasteiger partial charge is 0.463 e. The van der Waals surface area contributed by atoms with Gasteiger partial charge >= 0.3 is 47.8 Å². The summed E-state index contributed by atoms with van der Waals surface area (Å²) in [6, 6.07) is 0. The van der Waals surface area contributed by atoms with E-state index in [-0.39, 0.29) is 51.4 Å². The van der Waals surface area contributed by atoms with Crippen molar-refractivity contribution in [1.82, 2.24) is 0 Å². The first kappa shape index (κ1) is 94.7. The first-order chi connectivity index (χ1) is 50.2. The third kappa shape index (κ3) is 47.1.